The summed E-state index contributed by atoms with van der Waals surface area (Å²) in [5, 5.41) is 5.34. The van der Waals surface area contributed by atoms with Crippen LogP contribution in [0.3, 0.4) is 0 Å². The van der Waals surface area contributed by atoms with Gasteiger partial charge in [-0.05, 0) is 18.2 Å². The minimum absolute atomic E-state index is 0. The number of anilines is 1. The monoisotopic (exact) mass is 305 g/mol. The van der Waals surface area contributed by atoms with Gasteiger partial charge in [0.1, 0.15) is 5.56 Å². The molecule has 0 aliphatic rings. The van der Waals surface area contributed by atoms with Crippen LogP contribution in [0.2, 0.25) is 0 Å². The number of halogens is 1. The van der Waals surface area contributed by atoms with Gasteiger partial charge in [-0.3, -0.25) is 9.59 Å². The third kappa shape index (κ3) is 4.89. The van der Waals surface area contributed by atoms with E-state index in [1.54, 1.807) is 36.1 Å². The maximum atomic E-state index is 11.9. The summed E-state index contributed by atoms with van der Waals surface area (Å²) in [5.41, 5.74) is 1.27. The van der Waals surface area contributed by atoms with Crippen LogP contribution in [0.4, 0.5) is 5.69 Å². The molecule has 2 amide bonds. The zero-order chi connectivity index (χ0) is 14.4. The minimum atomic E-state index is -0.178. The van der Waals surface area contributed by atoms with Gasteiger partial charge in [0.2, 0.25) is 6.54 Å². The number of carbonyl (C=O) groups excluding carboxylic acids is 2. The number of nitrogens with zero attached hydrogens (tertiary/aromatic N) is 1. The summed E-state index contributed by atoms with van der Waals surface area (Å²) in [5.74, 6) is -0.321. The zero-order valence-electron chi connectivity index (χ0n) is 11.5. The fraction of sp³-hybridized carbons (Fsp3) is 0.133. The van der Waals surface area contributed by atoms with E-state index < -0.39 is 0 Å². The van der Waals surface area contributed by atoms with Crippen LogP contribution < -0.4 is 27.6 Å². The first-order valence-corrected chi connectivity index (χ1v) is 6.25. The first-order valence-electron chi connectivity index (χ1n) is 6.25. The molecule has 0 spiro atoms. The van der Waals surface area contributed by atoms with E-state index in [4.69, 9.17) is 0 Å². The number of pyridine rings is 1. The standard InChI is InChI=1S/C15H15N3O2.ClH/c1-16-15(20)12-6-5-9-18(10-12)11-14(19)17-13-7-3-2-4-8-13;/h2-10H,11H2,1H3,(H-,16,17,19,20);1H. The van der Waals surface area contributed by atoms with E-state index in [2.05, 4.69) is 10.6 Å². The fourth-order valence-electron chi connectivity index (χ4n) is 1.79. The molecule has 0 atom stereocenters. The molecule has 0 bridgehead atoms. The van der Waals surface area contributed by atoms with Gasteiger partial charge in [-0.2, -0.15) is 4.57 Å². The number of rotatable bonds is 4. The second kappa shape index (κ2) is 8.01. The molecule has 1 aromatic heterocycles. The summed E-state index contributed by atoms with van der Waals surface area (Å²) in [6.45, 7) is 0.153. The smallest absolute Gasteiger partial charge is 0.290 e. The Labute approximate surface area is 129 Å². The van der Waals surface area contributed by atoms with Crippen LogP contribution in [-0.2, 0) is 11.3 Å². The van der Waals surface area contributed by atoms with Crippen molar-refractivity contribution in [2.24, 2.45) is 0 Å². The lowest BCUT2D eigenvalue weighted by Gasteiger charge is -2.03. The van der Waals surface area contributed by atoms with Crippen molar-refractivity contribution in [3.8, 4) is 0 Å². The molecule has 2 aromatic rings. The van der Waals surface area contributed by atoms with Crippen LogP contribution in [0.25, 0.3) is 0 Å². The Kier molecular flexibility index (Phi) is 6.36. The SMILES string of the molecule is CNC(=O)c1ccc[n+](CC(=O)Nc2ccccc2)c1.[Cl-]. The molecule has 0 aliphatic carbocycles. The van der Waals surface area contributed by atoms with Gasteiger partial charge in [0.25, 0.3) is 11.8 Å². The molecule has 0 saturated carbocycles. The van der Waals surface area contributed by atoms with Crippen molar-refractivity contribution in [3.05, 3.63) is 60.4 Å². The second-order valence-electron chi connectivity index (χ2n) is 4.26. The number of hydrogen-bond donors (Lipinski definition) is 2. The topological polar surface area (TPSA) is 62.1 Å². The molecule has 2 N–H and O–H groups in total. The van der Waals surface area contributed by atoms with Crippen LogP contribution in [0, 0.1) is 0 Å². The number of aromatic nitrogens is 1. The van der Waals surface area contributed by atoms with E-state index in [9.17, 15) is 9.59 Å². The van der Waals surface area contributed by atoms with Crippen molar-refractivity contribution >= 4 is 17.5 Å². The van der Waals surface area contributed by atoms with Crippen molar-refractivity contribution in [3.63, 3.8) is 0 Å². The van der Waals surface area contributed by atoms with Crippen molar-refractivity contribution in [2.45, 2.75) is 6.54 Å². The van der Waals surface area contributed by atoms with Crippen molar-refractivity contribution in [1.82, 2.24) is 5.32 Å². The molecule has 5 nitrogen and oxygen atoms in total. The summed E-state index contributed by atoms with van der Waals surface area (Å²) < 4.78 is 1.67. The van der Waals surface area contributed by atoms with Gasteiger partial charge < -0.3 is 23.0 Å². The van der Waals surface area contributed by atoms with E-state index in [1.165, 1.54) is 0 Å². The van der Waals surface area contributed by atoms with Crippen LogP contribution in [0.5, 0.6) is 0 Å². The predicted molar refractivity (Wildman–Crippen MR) is 75.1 cm³/mol. The molecule has 21 heavy (non-hydrogen) atoms. The van der Waals surface area contributed by atoms with Gasteiger partial charge in [-0.1, -0.05) is 18.2 Å². The van der Waals surface area contributed by atoms with Gasteiger partial charge in [-0.15, -0.1) is 0 Å². The third-order valence-corrected chi connectivity index (χ3v) is 2.73. The van der Waals surface area contributed by atoms with E-state index in [0.29, 0.717) is 5.56 Å². The Hall–Kier alpha value is -2.40. The molecular formula is C15H16ClN3O2. The molecule has 0 saturated heterocycles. The summed E-state index contributed by atoms with van der Waals surface area (Å²) in [4.78, 5) is 23.4. The maximum Gasteiger partial charge on any atom is 0.290 e. The first kappa shape index (κ1) is 16.7. The maximum absolute atomic E-state index is 11.9. The summed E-state index contributed by atoms with van der Waals surface area (Å²) in [6.07, 6.45) is 3.39. The predicted octanol–water partition coefficient (Wildman–Crippen LogP) is -2.02. The fourth-order valence-corrected chi connectivity index (χ4v) is 1.79. The van der Waals surface area contributed by atoms with E-state index in [1.807, 2.05) is 30.3 Å². The van der Waals surface area contributed by atoms with Gasteiger partial charge in [0.05, 0.1) is 0 Å². The summed E-state index contributed by atoms with van der Waals surface area (Å²) >= 11 is 0. The first-order chi connectivity index (χ1) is 9.69. The molecule has 0 fully saturated rings. The Balaban J connectivity index is 0.00000220. The average molecular weight is 306 g/mol. The molecule has 0 aliphatic heterocycles. The van der Waals surface area contributed by atoms with Crippen molar-refractivity contribution in [1.29, 1.82) is 0 Å². The van der Waals surface area contributed by atoms with E-state index >= 15 is 0 Å². The summed E-state index contributed by atoms with van der Waals surface area (Å²) in [6, 6.07) is 12.7. The minimum Gasteiger partial charge on any atom is -1.00 e. The highest BCUT2D eigenvalue weighted by molar-refractivity contribution is 5.93. The number of para-hydroxylation sites is 1. The highest BCUT2D eigenvalue weighted by Gasteiger charge is 2.12. The number of benzene rings is 1. The van der Waals surface area contributed by atoms with E-state index in [-0.39, 0.29) is 30.8 Å². The van der Waals surface area contributed by atoms with Crippen molar-refractivity contribution in [2.75, 3.05) is 12.4 Å². The molecule has 2 rings (SSSR count). The molecular weight excluding hydrogens is 290 g/mol. The lowest BCUT2D eigenvalue weighted by molar-refractivity contribution is -0.684. The van der Waals surface area contributed by atoms with Gasteiger partial charge in [0, 0.05) is 18.8 Å². The lowest BCUT2D eigenvalue weighted by atomic mass is 10.2. The second-order valence-corrected chi connectivity index (χ2v) is 4.26. The van der Waals surface area contributed by atoms with Crippen LogP contribution >= 0.6 is 0 Å². The zero-order valence-corrected chi connectivity index (χ0v) is 12.3. The van der Waals surface area contributed by atoms with E-state index in [0.717, 1.165) is 5.69 Å². The molecule has 0 radical (unpaired) electrons. The van der Waals surface area contributed by atoms with Gasteiger partial charge >= 0.3 is 0 Å². The van der Waals surface area contributed by atoms with Crippen LogP contribution in [-0.4, -0.2) is 18.9 Å². The van der Waals surface area contributed by atoms with Gasteiger partial charge in [-0.25, -0.2) is 0 Å². The van der Waals surface area contributed by atoms with Crippen molar-refractivity contribution < 1.29 is 26.6 Å². The molecule has 110 valence electrons. The Morgan fingerprint density at radius 1 is 1.10 bits per heavy atom. The largest absolute Gasteiger partial charge is 1.00 e. The molecule has 0 unspecified atom stereocenters. The Morgan fingerprint density at radius 3 is 2.48 bits per heavy atom. The highest BCUT2D eigenvalue weighted by atomic mass is 35.5. The molecule has 6 heteroatoms. The third-order valence-electron chi connectivity index (χ3n) is 2.73. The average Bonchev–Trinajstić information content (AvgIpc) is 2.47. The quantitative estimate of drug-likeness (QED) is 0.641. The number of hydrogen-bond acceptors (Lipinski definition) is 2. The number of amides is 2. The number of nitrogens with one attached hydrogen (secondary N) is 2. The van der Waals surface area contributed by atoms with Crippen LogP contribution in [0.1, 0.15) is 10.4 Å². The number of carbonyl (C=O) groups is 2. The van der Waals surface area contributed by atoms with Gasteiger partial charge in [0.15, 0.2) is 12.4 Å². The highest BCUT2D eigenvalue weighted by Crippen LogP contribution is 2.04. The Bertz CT molecular complexity index is 617. The summed E-state index contributed by atoms with van der Waals surface area (Å²) in [7, 11) is 1.57. The molecule has 1 aromatic carbocycles. The Morgan fingerprint density at radius 2 is 1.81 bits per heavy atom. The lowest BCUT2D eigenvalue weighted by Crippen LogP contribution is -3.00. The normalized spacial score (nSPS) is 9.38. The molecule has 1 heterocycles. The van der Waals surface area contributed by atoms with Crippen LogP contribution in [0.15, 0.2) is 54.9 Å².